The molecule has 2 rings (SSSR count). The first-order valence-corrected chi connectivity index (χ1v) is 9.45. The molecule has 0 saturated heterocycles. The van der Waals surface area contributed by atoms with Crippen LogP contribution in [0.4, 0.5) is 0 Å². The molecule has 29 heavy (non-hydrogen) atoms. The van der Waals surface area contributed by atoms with Crippen LogP contribution >= 0.6 is 11.6 Å². The van der Waals surface area contributed by atoms with Crippen molar-refractivity contribution < 1.29 is 23.8 Å². The lowest BCUT2D eigenvalue weighted by Crippen LogP contribution is -2.38. The molecule has 0 atom stereocenters. The van der Waals surface area contributed by atoms with Gasteiger partial charge in [-0.2, -0.15) is 0 Å². The molecule has 2 amide bonds. The lowest BCUT2D eigenvalue weighted by atomic mass is 10.2. The van der Waals surface area contributed by atoms with Crippen LogP contribution < -0.4 is 19.5 Å². The van der Waals surface area contributed by atoms with Gasteiger partial charge in [0.25, 0.3) is 5.91 Å². The zero-order chi connectivity index (χ0) is 21.2. The highest BCUT2D eigenvalue weighted by molar-refractivity contribution is 6.30. The molecule has 0 spiro atoms. The van der Waals surface area contributed by atoms with E-state index in [0.717, 1.165) is 5.75 Å². The van der Waals surface area contributed by atoms with E-state index in [1.165, 1.54) is 14.2 Å². The van der Waals surface area contributed by atoms with Gasteiger partial charge >= 0.3 is 0 Å². The SMILES string of the molecule is COc1ccc(C(=O)NCC(=O)N(C)CCCOc2ccc(Cl)cc2)cc1OC. The number of carbonyl (C=O) groups excluding carboxylic acids is 2. The van der Waals surface area contributed by atoms with Gasteiger partial charge in [0.15, 0.2) is 11.5 Å². The Kier molecular flexibility index (Phi) is 8.61. The number of ether oxygens (including phenoxy) is 3. The second-order valence-electron chi connectivity index (χ2n) is 6.22. The van der Waals surface area contributed by atoms with Gasteiger partial charge < -0.3 is 24.4 Å². The third-order valence-electron chi connectivity index (χ3n) is 4.19. The Morgan fingerprint density at radius 1 is 1.03 bits per heavy atom. The molecule has 0 aliphatic carbocycles. The Hall–Kier alpha value is -2.93. The maximum Gasteiger partial charge on any atom is 0.251 e. The molecule has 0 unspecified atom stereocenters. The molecule has 156 valence electrons. The Morgan fingerprint density at radius 3 is 2.38 bits per heavy atom. The fourth-order valence-corrected chi connectivity index (χ4v) is 2.64. The van der Waals surface area contributed by atoms with E-state index in [-0.39, 0.29) is 18.4 Å². The average Bonchev–Trinajstić information content (AvgIpc) is 2.75. The van der Waals surface area contributed by atoms with Gasteiger partial charge in [-0.25, -0.2) is 0 Å². The van der Waals surface area contributed by atoms with Gasteiger partial charge in [-0.05, 0) is 48.9 Å². The van der Waals surface area contributed by atoms with Crippen LogP contribution in [-0.2, 0) is 4.79 Å². The van der Waals surface area contributed by atoms with Crippen molar-refractivity contribution >= 4 is 23.4 Å². The number of likely N-dealkylation sites (N-methyl/N-ethyl adjacent to an activating group) is 1. The van der Waals surface area contributed by atoms with E-state index in [0.29, 0.717) is 41.7 Å². The molecule has 0 heterocycles. The van der Waals surface area contributed by atoms with Gasteiger partial charge in [0, 0.05) is 24.2 Å². The van der Waals surface area contributed by atoms with E-state index >= 15 is 0 Å². The molecular weight excluding hydrogens is 396 g/mol. The first kappa shape index (κ1) is 22.4. The Balaban J connectivity index is 1.73. The van der Waals surface area contributed by atoms with E-state index in [4.69, 9.17) is 25.8 Å². The Bertz CT molecular complexity index is 826. The summed E-state index contributed by atoms with van der Waals surface area (Å²) < 4.78 is 15.9. The lowest BCUT2D eigenvalue weighted by molar-refractivity contribution is -0.128. The summed E-state index contributed by atoms with van der Waals surface area (Å²) in [7, 11) is 4.70. The standard InChI is InChI=1S/C21H25ClN2O5/c1-24(11-4-12-29-17-8-6-16(22)7-9-17)20(25)14-23-21(26)15-5-10-18(27-2)19(13-15)28-3/h5-10,13H,4,11-12,14H2,1-3H3,(H,23,26). The molecule has 0 bridgehead atoms. The van der Waals surface area contributed by atoms with Crippen LogP contribution in [0, 0.1) is 0 Å². The smallest absolute Gasteiger partial charge is 0.251 e. The molecule has 0 saturated carbocycles. The average molecular weight is 421 g/mol. The molecule has 1 N–H and O–H groups in total. The van der Waals surface area contributed by atoms with Crippen LogP contribution in [0.3, 0.4) is 0 Å². The summed E-state index contributed by atoms with van der Waals surface area (Å²) in [4.78, 5) is 26.0. The van der Waals surface area contributed by atoms with Crippen molar-refractivity contribution in [2.24, 2.45) is 0 Å². The van der Waals surface area contributed by atoms with Crippen molar-refractivity contribution in [1.29, 1.82) is 0 Å². The van der Waals surface area contributed by atoms with Gasteiger partial charge in [0.1, 0.15) is 5.75 Å². The van der Waals surface area contributed by atoms with Crippen LogP contribution in [0.5, 0.6) is 17.2 Å². The topological polar surface area (TPSA) is 77.1 Å². The normalized spacial score (nSPS) is 10.2. The second kappa shape index (κ2) is 11.2. The van der Waals surface area contributed by atoms with Crippen LogP contribution in [0.25, 0.3) is 0 Å². The summed E-state index contributed by atoms with van der Waals surface area (Å²) in [5.41, 5.74) is 0.384. The van der Waals surface area contributed by atoms with Crippen molar-refractivity contribution in [2.75, 3.05) is 41.0 Å². The predicted octanol–water partition coefficient (Wildman–Crippen LogP) is 3.01. The maximum atomic E-state index is 12.3. The molecule has 0 fully saturated rings. The molecule has 7 nitrogen and oxygen atoms in total. The van der Waals surface area contributed by atoms with Crippen LogP contribution in [0.2, 0.25) is 5.02 Å². The highest BCUT2D eigenvalue weighted by atomic mass is 35.5. The number of benzene rings is 2. The van der Waals surface area contributed by atoms with Gasteiger partial charge in [-0.15, -0.1) is 0 Å². The second-order valence-corrected chi connectivity index (χ2v) is 6.66. The van der Waals surface area contributed by atoms with Crippen LogP contribution in [-0.4, -0.2) is 57.7 Å². The number of carbonyl (C=O) groups is 2. The minimum atomic E-state index is -0.362. The van der Waals surface area contributed by atoms with Crippen molar-refractivity contribution in [3.8, 4) is 17.2 Å². The summed E-state index contributed by atoms with van der Waals surface area (Å²) in [5.74, 6) is 1.15. The number of nitrogens with one attached hydrogen (secondary N) is 1. The minimum Gasteiger partial charge on any atom is -0.494 e. The van der Waals surface area contributed by atoms with Crippen LogP contribution in [0.1, 0.15) is 16.8 Å². The predicted molar refractivity (Wildman–Crippen MR) is 111 cm³/mol. The first-order chi connectivity index (χ1) is 13.9. The Labute approximate surface area is 175 Å². The fraction of sp³-hybridized carbons (Fsp3) is 0.333. The fourth-order valence-electron chi connectivity index (χ4n) is 2.52. The van der Waals surface area contributed by atoms with E-state index in [1.807, 2.05) is 0 Å². The number of nitrogens with zero attached hydrogens (tertiary/aromatic N) is 1. The summed E-state index contributed by atoms with van der Waals surface area (Å²) in [6.07, 6.45) is 0.661. The zero-order valence-electron chi connectivity index (χ0n) is 16.7. The highest BCUT2D eigenvalue weighted by Gasteiger charge is 2.14. The number of hydrogen-bond donors (Lipinski definition) is 1. The van der Waals surface area contributed by atoms with E-state index in [1.54, 1.807) is 54.4 Å². The van der Waals surface area contributed by atoms with Gasteiger partial charge in [0.2, 0.25) is 5.91 Å². The molecule has 0 aliphatic rings. The summed E-state index contributed by atoms with van der Waals surface area (Å²) in [5, 5.41) is 3.27. The maximum absolute atomic E-state index is 12.3. The van der Waals surface area contributed by atoms with Gasteiger partial charge in [-0.3, -0.25) is 9.59 Å². The molecule has 0 aliphatic heterocycles. The van der Waals surface area contributed by atoms with Gasteiger partial charge in [0.05, 0.1) is 27.4 Å². The van der Waals surface area contributed by atoms with E-state index < -0.39 is 0 Å². The number of amides is 2. The third-order valence-corrected chi connectivity index (χ3v) is 4.44. The molecule has 8 heteroatoms. The largest absolute Gasteiger partial charge is 0.494 e. The van der Waals surface area contributed by atoms with Crippen molar-refractivity contribution in [3.63, 3.8) is 0 Å². The number of methoxy groups -OCH3 is 2. The lowest BCUT2D eigenvalue weighted by Gasteiger charge is -2.18. The zero-order valence-corrected chi connectivity index (χ0v) is 17.5. The summed E-state index contributed by atoms with van der Waals surface area (Å²) >= 11 is 5.83. The highest BCUT2D eigenvalue weighted by Crippen LogP contribution is 2.27. The molecule has 0 aromatic heterocycles. The third kappa shape index (κ3) is 6.87. The van der Waals surface area contributed by atoms with Crippen molar-refractivity contribution in [1.82, 2.24) is 10.2 Å². The number of halogens is 1. The molecular formula is C21H25ClN2O5. The monoisotopic (exact) mass is 420 g/mol. The quantitative estimate of drug-likeness (QED) is 0.598. The minimum absolute atomic E-state index is 0.0955. The van der Waals surface area contributed by atoms with Crippen LogP contribution in [0.15, 0.2) is 42.5 Å². The summed E-state index contributed by atoms with van der Waals surface area (Å²) in [6, 6.07) is 11.9. The van der Waals surface area contributed by atoms with Crippen molar-refractivity contribution in [3.05, 3.63) is 53.1 Å². The van der Waals surface area contributed by atoms with Crippen molar-refractivity contribution in [2.45, 2.75) is 6.42 Å². The van der Waals surface area contributed by atoms with Gasteiger partial charge in [-0.1, -0.05) is 11.6 Å². The first-order valence-electron chi connectivity index (χ1n) is 9.07. The summed E-state index contributed by atoms with van der Waals surface area (Å²) in [6.45, 7) is 0.887. The number of rotatable bonds is 10. The number of hydrogen-bond acceptors (Lipinski definition) is 5. The molecule has 2 aromatic carbocycles. The molecule has 0 radical (unpaired) electrons. The Morgan fingerprint density at radius 2 is 1.72 bits per heavy atom. The van der Waals surface area contributed by atoms with E-state index in [2.05, 4.69) is 5.32 Å². The molecule has 2 aromatic rings. The van der Waals surface area contributed by atoms with E-state index in [9.17, 15) is 9.59 Å².